The first-order chi connectivity index (χ1) is 10.0. The third-order valence-corrected chi connectivity index (χ3v) is 4.91. The lowest BCUT2D eigenvalue weighted by atomic mass is 10.2. The van der Waals surface area contributed by atoms with E-state index >= 15 is 0 Å². The number of nitrogens with one attached hydrogen (secondary N) is 1. The molecule has 1 N–H and O–H groups in total. The van der Waals surface area contributed by atoms with Crippen LogP contribution in [0.2, 0.25) is 0 Å². The zero-order valence-corrected chi connectivity index (χ0v) is 14.6. The molecule has 6 nitrogen and oxygen atoms in total. The molecule has 1 aromatic heterocycles. The molecule has 1 unspecified atom stereocenters. The summed E-state index contributed by atoms with van der Waals surface area (Å²) in [5.74, 6) is 0. The van der Waals surface area contributed by atoms with Crippen molar-refractivity contribution in [3.05, 3.63) is 21.0 Å². The van der Waals surface area contributed by atoms with Crippen molar-refractivity contribution in [1.82, 2.24) is 19.6 Å². The van der Waals surface area contributed by atoms with Gasteiger partial charge in [-0.25, -0.2) is 4.68 Å². The minimum atomic E-state index is -0.121. The van der Waals surface area contributed by atoms with E-state index in [4.69, 9.17) is 0 Å². The van der Waals surface area contributed by atoms with Crippen LogP contribution in [0.25, 0.3) is 0 Å². The van der Waals surface area contributed by atoms with Gasteiger partial charge in [0.1, 0.15) is 4.47 Å². The average Bonchev–Trinajstić information content (AvgIpc) is 2.52. The van der Waals surface area contributed by atoms with Crippen LogP contribution in [0.3, 0.4) is 0 Å². The first-order valence-electron chi connectivity index (χ1n) is 7.45. The van der Waals surface area contributed by atoms with Crippen molar-refractivity contribution in [2.24, 2.45) is 7.05 Å². The third-order valence-electron chi connectivity index (χ3n) is 4.14. The Bertz CT molecular complexity index is 525. The van der Waals surface area contributed by atoms with Crippen LogP contribution in [-0.2, 0) is 7.05 Å². The Labute approximate surface area is 134 Å². The maximum absolute atomic E-state index is 11.8. The number of anilines is 1. The Balaban J connectivity index is 1.88. The Hall–Kier alpha value is -0.920. The van der Waals surface area contributed by atoms with Gasteiger partial charge in [-0.15, -0.1) is 0 Å². The summed E-state index contributed by atoms with van der Waals surface area (Å²) in [7, 11) is 1.65. The number of nitrogens with zero attached hydrogens (tertiary/aromatic N) is 4. The summed E-state index contributed by atoms with van der Waals surface area (Å²) < 4.78 is 1.87. The molecule has 2 heterocycles. The number of rotatable bonds is 5. The predicted octanol–water partition coefficient (Wildman–Crippen LogP) is 0.981. The first-order valence-corrected chi connectivity index (χ1v) is 8.24. The smallest absolute Gasteiger partial charge is 0.282 e. The molecule has 118 valence electrons. The summed E-state index contributed by atoms with van der Waals surface area (Å²) in [6.45, 7) is 10.8. The van der Waals surface area contributed by atoms with Gasteiger partial charge in [-0.2, -0.15) is 5.10 Å². The van der Waals surface area contributed by atoms with Crippen molar-refractivity contribution < 1.29 is 0 Å². The Morgan fingerprint density at radius 2 is 2.05 bits per heavy atom. The second kappa shape index (κ2) is 7.38. The van der Waals surface area contributed by atoms with E-state index in [1.54, 1.807) is 13.2 Å². The zero-order chi connectivity index (χ0) is 15.4. The van der Waals surface area contributed by atoms with Crippen LogP contribution in [0, 0.1) is 0 Å². The summed E-state index contributed by atoms with van der Waals surface area (Å²) >= 11 is 3.34. The molecule has 7 heteroatoms. The highest BCUT2D eigenvalue weighted by molar-refractivity contribution is 9.10. The number of likely N-dealkylation sites (N-methyl/N-ethyl adjacent to an activating group) is 1. The molecule has 0 radical (unpaired) electrons. The van der Waals surface area contributed by atoms with E-state index in [9.17, 15) is 4.79 Å². The molecule has 1 fully saturated rings. The molecule has 0 aliphatic carbocycles. The monoisotopic (exact) mass is 357 g/mol. The van der Waals surface area contributed by atoms with E-state index in [1.807, 2.05) is 0 Å². The van der Waals surface area contributed by atoms with Gasteiger partial charge in [-0.05, 0) is 29.4 Å². The molecule has 1 saturated heterocycles. The lowest BCUT2D eigenvalue weighted by Gasteiger charge is -2.37. The van der Waals surface area contributed by atoms with Crippen LogP contribution in [-0.4, -0.2) is 64.9 Å². The van der Waals surface area contributed by atoms with E-state index in [2.05, 4.69) is 50.0 Å². The molecule has 0 saturated carbocycles. The van der Waals surface area contributed by atoms with Crippen molar-refractivity contribution in [3.63, 3.8) is 0 Å². The summed E-state index contributed by atoms with van der Waals surface area (Å²) in [6, 6.07) is 0.431. The van der Waals surface area contributed by atoms with E-state index in [-0.39, 0.29) is 5.56 Å². The fourth-order valence-electron chi connectivity index (χ4n) is 2.54. The third kappa shape index (κ3) is 4.05. The maximum atomic E-state index is 11.8. The summed E-state index contributed by atoms with van der Waals surface area (Å²) in [6.07, 6.45) is 1.69. The van der Waals surface area contributed by atoms with Crippen LogP contribution in [0.1, 0.15) is 13.8 Å². The molecule has 0 aromatic carbocycles. The fourth-order valence-corrected chi connectivity index (χ4v) is 3.04. The highest BCUT2D eigenvalue weighted by Gasteiger charge is 2.20. The number of aromatic nitrogens is 2. The highest BCUT2D eigenvalue weighted by Crippen LogP contribution is 2.16. The van der Waals surface area contributed by atoms with Gasteiger partial charge in [0.25, 0.3) is 5.56 Å². The van der Waals surface area contributed by atoms with Crippen molar-refractivity contribution in [1.29, 1.82) is 0 Å². The Morgan fingerprint density at radius 1 is 1.38 bits per heavy atom. The summed E-state index contributed by atoms with van der Waals surface area (Å²) in [4.78, 5) is 16.8. The first kappa shape index (κ1) is 16.5. The topological polar surface area (TPSA) is 53.4 Å². The van der Waals surface area contributed by atoms with Gasteiger partial charge in [0.2, 0.25) is 0 Å². The van der Waals surface area contributed by atoms with Gasteiger partial charge in [-0.1, -0.05) is 6.92 Å². The van der Waals surface area contributed by atoms with Gasteiger partial charge in [0.05, 0.1) is 11.9 Å². The SMILES string of the molecule is CCN1CCN(C(C)CNc2cnn(C)c(=O)c2Br)CC1. The number of piperazine rings is 1. The Kier molecular flexibility index (Phi) is 5.78. The van der Waals surface area contributed by atoms with Crippen LogP contribution < -0.4 is 10.9 Å². The van der Waals surface area contributed by atoms with Crippen LogP contribution in [0.4, 0.5) is 5.69 Å². The molecule has 2 rings (SSSR count). The zero-order valence-electron chi connectivity index (χ0n) is 13.0. The minimum absolute atomic E-state index is 0.121. The van der Waals surface area contributed by atoms with Crippen molar-refractivity contribution in [3.8, 4) is 0 Å². The Morgan fingerprint density at radius 3 is 2.67 bits per heavy atom. The maximum Gasteiger partial charge on any atom is 0.282 e. The molecular weight excluding hydrogens is 334 g/mol. The van der Waals surface area contributed by atoms with E-state index in [0.29, 0.717) is 10.5 Å². The normalized spacial score (nSPS) is 18.7. The quantitative estimate of drug-likeness (QED) is 0.851. The number of hydrogen-bond donors (Lipinski definition) is 1. The number of aryl methyl sites for hydroxylation is 1. The van der Waals surface area contributed by atoms with Crippen molar-refractivity contribution in [2.45, 2.75) is 19.9 Å². The average molecular weight is 358 g/mol. The molecule has 0 bridgehead atoms. The van der Waals surface area contributed by atoms with E-state index < -0.39 is 0 Å². The van der Waals surface area contributed by atoms with Crippen LogP contribution in [0.5, 0.6) is 0 Å². The lowest BCUT2D eigenvalue weighted by Crippen LogP contribution is -2.51. The summed E-state index contributed by atoms with van der Waals surface area (Å²) in [5.41, 5.74) is 0.640. The van der Waals surface area contributed by atoms with Gasteiger partial charge >= 0.3 is 0 Å². The molecule has 1 aliphatic rings. The van der Waals surface area contributed by atoms with Crippen LogP contribution >= 0.6 is 15.9 Å². The second-order valence-corrected chi connectivity index (χ2v) is 6.29. The largest absolute Gasteiger partial charge is 0.381 e. The summed E-state index contributed by atoms with van der Waals surface area (Å²) in [5, 5.41) is 7.37. The molecule has 1 aliphatic heterocycles. The van der Waals surface area contributed by atoms with Gasteiger partial charge in [-0.3, -0.25) is 9.69 Å². The standard InChI is InChI=1S/C14H24BrN5O/c1-4-19-5-7-20(8-6-19)11(2)9-16-12-10-17-18(3)14(21)13(12)15/h10-11,16H,4-9H2,1-3H3. The molecule has 0 spiro atoms. The van der Waals surface area contributed by atoms with E-state index in [0.717, 1.165) is 45.0 Å². The van der Waals surface area contributed by atoms with Crippen molar-refractivity contribution in [2.75, 3.05) is 44.6 Å². The van der Waals surface area contributed by atoms with Crippen LogP contribution in [0.15, 0.2) is 15.5 Å². The van der Waals surface area contributed by atoms with Gasteiger partial charge in [0.15, 0.2) is 0 Å². The number of hydrogen-bond acceptors (Lipinski definition) is 5. The molecule has 1 aromatic rings. The number of halogens is 1. The minimum Gasteiger partial charge on any atom is -0.381 e. The molecule has 0 amide bonds. The highest BCUT2D eigenvalue weighted by atomic mass is 79.9. The molecular formula is C14H24BrN5O. The fraction of sp³-hybridized carbons (Fsp3) is 0.714. The molecule has 1 atom stereocenters. The lowest BCUT2D eigenvalue weighted by molar-refractivity contribution is 0.110. The van der Waals surface area contributed by atoms with Gasteiger partial charge in [0, 0.05) is 45.8 Å². The van der Waals surface area contributed by atoms with E-state index in [1.165, 1.54) is 4.68 Å². The predicted molar refractivity (Wildman–Crippen MR) is 88.8 cm³/mol. The molecule has 21 heavy (non-hydrogen) atoms. The second-order valence-electron chi connectivity index (χ2n) is 5.50. The van der Waals surface area contributed by atoms with Gasteiger partial charge < -0.3 is 10.2 Å². The van der Waals surface area contributed by atoms with Crippen molar-refractivity contribution >= 4 is 21.6 Å².